The number of carbonyl (C=O) groups excluding carboxylic acids is 1. The van der Waals surface area contributed by atoms with Gasteiger partial charge < -0.3 is 10.6 Å². The lowest BCUT2D eigenvalue weighted by molar-refractivity contribution is -0.116. The van der Waals surface area contributed by atoms with E-state index in [1.165, 1.54) is 11.1 Å². The molecule has 0 unspecified atom stereocenters. The predicted octanol–water partition coefficient (Wildman–Crippen LogP) is 4.08. The largest absolute Gasteiger partial charge is 0.326 e. The van der Waals surface area contributed by atoms with Crippen LogP contribution < -0.4 is 10.6 Å². The lowest BCUT2D eigenvalue weighted by atomic mass is 10.1. The van der Waals surface area contributed by atoms with Crippen LogP contribution in [0.5, 0.6) is 0 Å². The highest BCUT2D eigenvalue weighted by molar-refractivity contribution is 6.31. The number of hydrogen-bond donors (Lipinski definition) is 2. The Labute approximate surface area is 136 Å². The van der Waals surface area contributed by atoms with Gasteiger partial charge in [0.15, 0.2) is 0 Å². The Hall–Kier alpha value is -1.84. The van der Waals surface area contributed by atoms with Crippen molar-refractivity contribution in [1.29, 1.82) is 0 Å². The first kappa shape index (κ1) is 16.5. The van der Waals surface area contributed by atoms with Crippen LogP contribution in [0.15, 0.2) is 42.5 Å². The van der Waals surface area contributed by atoms with Crippen LogP contribution in [0.4, 0.5) is 5.69 Å². The second-order valence-electron chi connectivity index (χ2n) is 5.37. The molecule has 0 radical (unpaired) electrons. The zero-order chi connectivity index (χ0) is 15.9. The summed E-state index contributed by atoms with van der Waals surface area (Å²) in [5, 5.41) is 6.81. The van der Waals surface area contributed by atoms with Gasteiger partial charge in [-0.1, -0.05) is 41.9 Å². The number of aryl methyl sites for hydroxylation is 2. The molecule has 116 valence electrons. The van der Waals surface area contributed by atoms with Crippen LogP contribution in [-0.4, -0.2) is 12.5 Å². The van der Waals surface area contributed by atoms with E-state index in [1.807, 2.05) is 31.2 Å². The van der Waals surface area contributed by atoms with Gasteiger partial charge in [-0.2, -0.15) is 0 Å². The molecule has 0 aliphatic carbocycles. The molecule has 2 aromatic carbocycles. The minimum absolute atomic E-state index is 0.0165. The number of halogens is 1. The van der Waals surface area contributed by atoms with Crippen LogP contribution in [0.2, 0.25) is 5.02 Å². The second kappa shape index (κ2) is 7.97. The van der Waals surface area contributed by atoms with Gasteiger partial charge in [0.05, 0.1) is 0 Å². The molecular weight excluding hydrogens is 296 g/mol. The van der Waals surface area contributed by atoms with Crippen molar-refractivity contribution < 1.29 is 4.79 Å². The summed E-state index contributed by atoms with van der Waals surface area (Å²) in [5.74, 6) is -0.0165. The van der Waals surface area contributed by atoms with Crippen LogP contribution in [0.25, 0.3) is 0 Å². The minimum Gasteiger partial charge on any atom is -0.326 e. The Bertz CT molecular complexity index is 655. The van der Waals surface area contributed by atoms with Crippen LogP contribution in [0.3, 0.4) is 0 Å². The van der Waals surface area contributed by atoms with E-state index >= 15 is 0 Å². The van der Waals surface area contributed by atoms with Crippen molar-refractivity contribution >= 4 is 23.2 Å². The van der Waals surface area contributed by atoms with Gasteiger partial charge >= 0.3 is 0 Å². The zero-order valence-corrected chi connectivity index (χ0v) is 13.7. The van der Waals surface area contributed by atoms with E-state index in [9.17, 15) is 4.79 Å². The van der Waals surface area contributed by atoms with Gasteiger partial charge in [-0.3, -0.25) is 4.79 Å². The van der Waals surface area contributed by atoms with E-state index in [-0.39, 0.29) is 5.91 Å². The maximum absolute atomic E-state index is 11.9. The van der Waals surface area contributed by atoms with Gasteiger partial charge in [0.25, 0.3) is 0 Å². The molecule has 0 heterocycles. The molecule has 0 fully saturated rings. The third-order valence-electron chi connectivity index (χ3n) is 3.56. The monoisotopic (exact) mass is 316 g/mol. The van der Waals surface area contributed by atoms with E-state index < -0.39 is 0 Å². The van der Waals surface area contributed by atoms with E-state index in [4.69, 9.17) is 11.6 Å². The first-order valence-corrected chi connectivity index (χ1v) is 7.75. The van der Waals surface area contributed by atoms with Gasteiger partial charge in [0, 0.05) is 30.2 Å². The molecule has 3 nitrogen and oxygen atoms in total. The first-order valence-electron chi connectivity index (χ1n) is 7.37. The number of carbonyl (C=O) groups is 1. The maximum Gasteiger partial charge on any atom is 0.225 e. The number of benzene rings is 2. The summed E-state index contributed by atoms with van der Waals surface area (Å²) in [6.07, 6.45) is 0.428. The van der Waals surface area contributed by atoms with Gasteiger partial charge in [-0.25, -0.2) is 0 Å². The number of amides is 1. The van der Waals surface area contributed by atoms with Crippen molar-refractivity contribution in [3.05, 3.63) is 64.2 Å². The van der Waals surface area contributed by atoms with Crippen molar-refractivity contribution in [2.75, 3.05) is 11.9 Å². The third kappa shape index (κ3) is 4.86. The Morgan fingerprint density at radius 3 is 2.59 bits per heavy atom. The number of nitrogens with one attached hydrogen (secondary N) is 2. The summed E-state index contributed by atoms with van der Waals surface area (Å²) in [4.78, 5) is 11.9. The Kier molecular flexibility index (Phi) is 5.99. The van der Waals surface area contributed by atoms with Crippen molar-refractivity contribution in [1.82, 2.24) is 5.32 Å². The Balaban J connectivity index is 1.74. The smallest absolute Gasteiger partial charge is 0.225 e. The fourth-order valence-electron chi connectivity index (χ4n) is 2.13. The predicted molar refractivity (Wildman–Crippen MR) is 92.3 cm³/mol. The molecule has 0 spiro atoms. The average molecular weight is 317 g/mol. The molecule has 1 amide bonds. The van der Waals surface area contributed by atoms with Crippen molar-refractivity contribution in [3.8, 4) is 0 Å². The molecule has 2 aromatic rings. The summed E-state index contributed by atoms with van der Waals surface area (Å²) in [6.45, 7) is 5.43. The SMILES string of the molecule is Cc1ccc(NC(=O)CCNCc2ccccc2C)cc1Cl. The Morgan fingerprint density at radius 2 is 1.86 bits per heavy atom. The zero-order valence-electron chi connectivity index (χ0n) is 12.9. The van der Waals surface area contributed by atoms with Gasteiger partial charge in [-0.05, 0) is 42.7 Å². The average Bonchev–Trinajstić information content (AvgIpc) is 2.49. The first-order chi connectivity index (χ1) is 10.6. The lowest BCUT2D eigenvalue weighted by Gasteiger charge is -2.09. The highest BCUT2D eigenvalue weighted by Crippen LogP contribution is 2.19. The van der Waals surface area contributed by atoms with E-state index in [2.05, 4.69) is 29.7 Å². The minimum atomic E-state index is -0.0165. The van der Waals surface area contributed by atoms with E-state index in [0.29, 0.717) is 18.0 Å². The van der Waals surface area contributed by atoms with Gasteiger partial charge in [0.2, 0.25) is 5.91 Å². The summed E-state index contributed by atoms with van der Waals surface area (Å²) in [7, 11) is 0. The summed E-state index contributed by atoms with van der Waals surface area (Å²) in [5.41, 5.74) is 4.25. The van der Waals surface area contributed by atoms with Crippen LogP contribution in [-0.2, 0) is 11.3 Å². The summed E-state index contributed by atoms with van der Waals surface area (Å²) >= 11 is 6.04. The van der Waals surface area contributed by atoms with E-state index in [0.717, 1.165) is 17.8 Å². The fourth-order valence-corrected chi connectivity index (χ4v) is 2.31. The molecule has 0 bridgehead atoms. The van der Waals surface area contributed by atoms with Gasteiger partial charge in [-0.15, -0.1) is 0 Å². The highest BCUT2D eigenvalue weighted by atomic mass is 35.5. The molecule has 2 rings (SSSR count). The molecule has 4 heteroatoms. The fraction of sp³-hybridized carbons (Fsp3) is 0.278. The molecule has 22 heavy (non-hydrogen) atoms. The second-order valence-corrected chi connectivity index (χ2v) is 5.77. The Morgan fingerprint density at radius 1 is 1.09 bits per heavy atom. The summed E-state index contributed by atoms with van der Waals surface area (Å²) in [6, 6.07) is 13.8. The molecular formula is C18H21ClN2O. The van der Waals surface area contributed by atoms with Crippen molar-refractivity contribution in [2.45, 2.75) is 26.8 Å². The molecule has 0 saturated heterocycles. The molecule has 0 aromatic heterocycles. The van der Waals surface area contributed by atoms with Crippen LogP contribution in [0, 0.1) is 13.8 Å². The van der Waals surface area contributed by atoms with Gasteiger partial charge in [0.1, 0.15) is 0 Å². The van der Waals surface area contributed by atoms with Crippen LogP contribution in [0.1, 0.15) is 23.1 Å². The molecule has 2 N–H and O–H groups in total. The van der Waals surface area contributed by atoms with E-state index in [1.54, 1.807) is 6.07 Å². The normalized spacial score (nSPS) is 10.5. The molecule has 0 aliphatic rings. The molecule has 0 atom stereocenters. The highest BCUT2D eigenvalue weighted by Gasteiger charge is 2.04. The number of anilines is 1. The number of hydrogen-bond acceptors (Lipinski definition) is 2. The van der Waals surface area contributed by atoms with Crippen LogP contribution >= 0.6 is 11.6 Å². The maximum atomic E-state index is 11.9. The summed E-state index contributed by atoms with van der Waals surface area (Å²) < 4.78 is 0. The molecule has 0 saturated carbocycles. The molecule has 0 aliphatic heterocycles. The lowest BCUT2D eigenvalue weighted by Crippen LogP contribution is -2.21. The topological polar surface area (TPSA) is 41.1 Å². The quantitative estimate of drug-likeness (QED) is 0.789. The van der Waals surface area contributed by atoms with Crippen molar-refractivity contribution in [2.24, 2.45) is 0 Å². The standard InChI is InChI=1S/C18H21ClN2O/c1-13-5-3-4-6-15(13)12-20-10-9-18(22)21-16-8-7-14(2)17(19)11-16/h3-8,11,20H,9-10,12H2,1-2H3,(H,21,22). The number of rotatable bonds is 6. The van der Waals surface area contributed by atoms with Crippen molar-refractivity contribution in [3.63, 3.8) is 0 Å². The third-order valence-corrected chi connectivity index (χ3v) is 3.97.